The molecule has 0 aliphatic heterocycles. The summed E-state index contributed by atoms with van der Waals surface area (Å²) in [6, 6.07) is 4.30. The van der Waals surface area contributed by atoms with Gasteiger partial charge in [0.15, 0.2) is 0 Å². The highest BCUT2D eigenvalue weighted by atomic mass is 35.5. The van der Waals surface area contributed by atoms with E-state index >= 15 is 0 Å². The SMILES string of the molecule is CNCCN(C)C(=O)CCCc1ccc(C)s1.Cl. The number of amides is 1. The lowest BCUT2D eigenvalue weighted by Gasteiger charge is -2.16. The Morgan fingerprint density at radius 2 is 2.17 bits per heavy atom. The summed E-state index contributed by atoms with van der Waals surface area (Å²) in [5.74, 6) is 0.244. The number of hydrogen-bond donors (Lipinski definition) is 1. The van der Waals surface area contributed by atoms with E-state index in [1.165, 1.54) is 9.75 Å². The number of carbonyl (C=O) groups is 1. The Balaban J connectivity index is 0.00000289. The monoisotopic (exact) mass is 290 g/mol. The second kappa shape index (κ2) is 9.36. The molecule has 104 valence electrons. The van der Waals surface area contributed by atoms with Gasteiger partial charge in [-0.25, -0.2) is 0 Å². The van der Waals surface area contributed by atoms with Crippen LogP contribution in [0, 0.1) is 6.92 Å². The van der Waals surface area contributed by atoms with Crippen molar-refractivity contribution < 1.29 is 4.79 Å². The molecule has 1 rings (SSSR count). The molecule has 0 atom stereocenters. The summed E-state index contributed by atoms with van der Waals surface area (Å²) in [7, 11) is 3.77. The molecular weight excluding hydrogens is 268 g/mol. The molecule has 0 bridgehead atoms. The molecule has 0 saturated carbocycles. The Hall–Kier alpha value is -0.580. The van der Waals surface area contributed by atoms with E-state index in [4.69, 9.17) is 0 Å². The van der Waals surface area contributed by atoms with Crippen molar-refractivity contribution in [2.75, 3.05) is 27.2 Å². The van der Waals surface area contributed by atoms with Crippen LogP contribution in [-0.2, 0) is 11.2 Å². The van der Waals surface area contributed by atoms with Crippen LogP contribution in [0.2, 0.25) is 0 Å². The van der Waals surface area contributed by atoms with E-state index < -0.39 is 0 Å². The molecule has 0 fully saturated rings. The quantitative estimate of drug-likeness (QED) is 0.837. The normalized spacial score (nSPS) is 9.94. The maximum Gasteiger partial charge on any atom is 0.222 e. The molecule has 0 spiro atoms. The van der Waals surface area contributed by atoms with E-state index in [0.29, 0.717) is 6.42 Å². The van der Waals surface area contributed by atoms with Gasteiger partial charge in [-0.1, -0.05) is 0 Å². The Morgan fingerprint density at radius 1 is 1.44 bits per heavy atom. The van der Waals surface area contributed by atoms with E-state index in [-0.39, 0.29) is 18.3 Å². The van der Waals surface area contributed by atoms with Gasteiger partial charge in [-0.3, -0.25) is 4.79 Å². The van der Waals surface area contributed by atoms with Crippen molar-refractivity contribution in [1.82, 2.24) is 10.2 Å². The minimum absolute atomic E-state index is 0. The summed E-state index contributed by atoms with van der Waals surface area (Å²) >= 11 is 1.83. The number of thiophene rings is 1. The van der Waals surface area contributed by atoms with Crippen LogP contribution in [0.1, 0.15) is 22.6 Å². The number of carbonyl (C=O) groups excluding carboxylic acids is 1. The van der Waals surface area contributed by atoms with Crippen LogP contribution < -0.4 is 5.32 Å². The van der Waals surface area contributed by atoms with Crippen molar-refractivity contribution in [2.45, 2.75) is 26.2 Å². The van der Waals surface area contributed by atoms with Crippen molar-refractivity contribution in [3.8, 4) is 0 Å². The van der Waals surface area contributed by atoms with Gasteiger partial charge in [-0.2, -0.15) is 0 Å². The highest BCUT2D eigenvalue weighted by Crippen LogP contribution is 2.17. The molecule has 1 heterocycles. The summed E-state index contributed by atoms with van der Waals surface area (Å²) in [6.07, 6.45) is 2.62. The summed E-state index contributed by atoms with van der Waals surface area (Å²) in [4.78, 5) is 16.3. The second-order valence-corrected chi connectivity index (χ2v) is 5.66. The standard InChI is InChI=1S/C13H22N2OS.ClH/c1-11-7-8-12(17-11)5-4-6-13(16)15(3)10-9-14-2;/h7-8,14H,4-6,9-10H2,1-3H3;1H. The number of halogens is 1. The molecule has 0 saturated heterocycles. The Labute approximate surface area is 120 Å². The van der Waals surface area contributed by atoms with Gasteiger partial charge in [0.2, 0.25) is 5.91 Å². The van der Waals surface area contributed by atoms with Crippen LogP contribution >= 0.6 is 23.7 Å². The lowest BCUT2D eigenvalue weighted by molar-refractivity contribution is -0.129. The number of nitrogens with one attached hydrogen (secondary N) is 1. The van der Waals surface area contributed by atoms with Gasteiger partial charge in [0.1, 0.15) is 0 Å². The van der Waals surface area contributed by atoms with Crippen LogP contribution in [0.25, 0.3) is 0 Å². The number of rotatable bonds is 7. The van der Waals surface area contributed by atoms with Crippen molar-refractivity contribution in [2.24, 2.45) is 0 Å². The zero-order valence-corrected chi connectivity index (χ0v) is 13.0. The number of aryl methyl sites for hydroxylation is 2. The zero-order chi connectivity index (χ0) is 12.7. The van der Waals surface area contributed by atoms with E-state index in [9.17, 15) is 4.79 Å². The van der Waals surface area contributed by atoms with Crippen LogP contribution in [-0.4, -0.2) is 38.0 Å². The maximum absolute atomic E-state index is 11.7. The molecule has 1 N–H and O–H groups in total. The fourth-order valence-corrected chi connectivity index (χ4v) is 2.56. The molecule has 0 radical (unpaired) electrons. The third-order valence-electron chi connectivity index (χ3n) is 2.73. The van der Waals surface area contributed by atoms with Crippen molar-refractivity contribution in [1.29, 1.82) is 0 Å². The van der Waals surface area contributed by atoms with Crippen LogP contribution in [0.3, 0.4) is 0 Å². The molecule has 0 unspecified atom stereocenters. The van der Waals surface area contributed by atoms with Crippen LogP contribution in [0.4, 0.5) is 0 Å². The predicted molar refractivity (Wildman–Crippen MR) is 80.8 cm³/mol. The first kappa shape index (κ1) is 17.4. The lowest BCUT2D eigenvalue weighted by Crippen LogP contribution is -2.32. The molecule has 1 aromatic heterocycles. The van der Waals surface area contributed by atoms with Crippen molar-refractivity contribution in [3.63, 3.8) is 0 Å². The third-order valence-corrected chi connectivity index (χ3v) is 3.79. The largest absolute Gasteiger partial charge is 0.344 e. The Morgan fingerprint density at radius 3 is 2.72 bits per heavy atom. The first-order valence-corrected chi connectivity index (χ1v) is 6.89. The predicted octanol–water partition coefficient (Wildman–Crippen LogP) is 2.48. The topological polar surface area (TPSA) is 32.3 Å². The van der Waals surface area contributed by atoms with E-state index in [1.54, 1.807) is 4.90 Å². The van der Waals surface area contributed by atoms with Gasteiger partial charge in [0, 0.05) is 36.3 Å². The number of nitrogens with zero attached hydrogens (tertiary/aromatic N) is 1. The average molecular weight is 291 g/mol. The zero-order valence-electron chi connectivity index (χ0n) is 11.4. The molecular formula is C13H23ClN2OS. The highest BCUT2D eigenvalue weighted by molar-refractivity contribution is 7.11. The van der Waals surface area contributed by atoms with Crippen molar-refractivity contribution in [3.05, 3.63) is 21.9 Å². The van der Waals surface area contributed by atoms with Gasteiger partial charge < -0.3 is 10.2 Å². The first-order chi connectivity index (χ1) is 8.13. The maximum atomic E-state index is 11.7. The Bertz CT molecular complexity index is 355. The molecule has 1 aromatic rings. The summed E-state index contributed by atoms with van der Waals surface area (Å²) in [5.41, 5.74) is 0. The molecule has 0 aromatic carbocycles. The van der Waals surface area contributed by atoms with Crippen molar-refractivity contribution >= 4 is 29.7 Å². The van der Waals surface area contributed by atoms with Gasteiger partial charge in [-0.05, 0) is 38.9 Å². The van der Waals surface area contributed by atoms with Gasteiger partial charge in [0.25, 0.3) is 0 Å². The second-order valence-electron chi connectivity index (χ2n) is 4.28. The fraction of sp³-hybridized carbons (Fsp3) is 0.615. The molecule has 0 aliphatic carbocycles. The van der Waals surface area contributed by atoms with Crippen LogP contribution in [0.5, 0.6) is 0 Å². The molecule has 0 aliphatic rings. The Kier molecular flexibility index (Phi) is 9.06. The average Bonchev–Trinajstić information content (AvgIpc) is 2.71. The minimum atomic E-state index is 0. The van der Waals surface area contributed by atoms with Gasteiger partial charge in [-0.15, -0.1) is 23.7 Å². The summed E-state index contributed by atoms with van der Waals surface area (Å²) in [5, 5.41) is 3.05. The smallest absolute Gasteiger partial charge is 0.222 e. The van der Waals surface area contributed by atoms with E-state index in [1.807, 2.05) is 25.4 Å². The minimum Gasteiger partial charge on any atom is -0.344 e. The molecule has 18 heavy (non-hydrogen) atoms. The fourth-order valence-electron chi connectivity index (χ4n) is 1.63. The van der Waals surface area contributed by atoms with E-state index in [0.717, 1.165) is 25.9 Å². The first-order valence-electron chi connectivity index (χ1n) is 6.07. The summed E-state index contributed by atoms with van der Waals surface area (Å²) in [6.45, 7) is 3.75. The third kappa shape index (κ3) is 6.38. The van der Waals surface area contributed by atoms with Gasteiger partial charge >= 0.3 is 0 Å². The number of likely N-dealkylation sites (N-methyl/N-ethyl adjacent to an activating group) is 2. The van der Waals surface area contributed by atoms with Crippen LogP contribution in [0.15, 0.2) is 12.1 Å². The molecule has 3 nitrogen and oxygen atoms in total. The molecule has 5 heteroatoms. The number of hydrogen-bond acceptors (Lipinski definition) is 3. The van der Waals surface area contributed by atoms with E-state index in [2.05, 4.69) is 24.4 Å². The molecule has 1 amide bonds. The highest BCUT2D eigenvalue weighted by Gasteiger charge is 2.07. The van der Waals surface area contributed by atoms with Gasteiger partial charge in [0.05, 0.1) is 0 Å². The summed E-state index contributed by atoms with van der Waals surface area (Å²) < 4.78 is 0. The lowest BCUT2D eigenvalue weighted by atomic mass is 10.2.